The number of alkyl halides is 1. The average molecular weight is 314 g/mol. The first-order valence-electron chi connectivity index (χ1n) is 7.68. The molecule has 0 saturated carbocycles. The number of halogens is 1. The van der Waals surface area contributed by atoms with Crippen LogP contribution in [0.5, 0.6) is 0 Å². The molecule has 22 heavy (non-hydrogen) atoms. The summed E-state index contributed by atoms with van der Waals surface area (Å²) in [4.78, 5) is 14.6. The maximum Gasteiger partial charge on any atom is 0.241 e. The topological polar surface area (TPSA) is 20.3 Å². The van der Waals surface area contributed by atoms with E-state index in [1.54, 1.807) is 6.92 Å². The molecule has 3 atom stereocenters. The molecule has 3 unspecified atom stereocenters. The zero-order valence-corrected chi connectivity index (χ0v) is 13.6. The monoisotopic (exact) mass is 313 g/mol. The van der Waals surface area contributed by atoms with Crippen molar-refractivity contribution in [1.82, 2.24) is 4.90 Å². The van der Waals surface area contributed by atoms with Gasteiger partial charge in [0.05, 0.1) is 6.04 Å². The van der Waals surface area contributed by atoms with Gasteiger partial charge in [-0.1, -0.05) is 61.5 Å². The highest BCUT2D eigenvalue weighted by Gasteiger charge is 2.35. The molecule has 0 aliphatic carbocycles. The second-order valence-corrected chi connectivity index (χ2v) is 6.60. The third-order valence-corrected chi connectivity index (χ3v) is 4.53. The highest BCUT2D eigenvalue weighted by atomic mass is 35.5. The van der Waals surface area contributed by atoms with Gasteiger partial charge in [-0.3, -0.25) is 4.79 Å². The van der Waals surface area contributed by atoms with Gasteiger partial charge in [-0.05, 0) is 29.5 Å². The van der Waals surface area contributed by atoms with Crippen LogP contribution in [0.3, 0.4) is 0 Å². The SMILES string of the molecule is CC(Cl)C(=O)N1CC(C)c2ccccc2C1c1ccccc1. The lowest BCUT2D eigenvalue weighted by Gasteiger charge is -2.41. The van der Waals surface area contributed by atoms with Gasteiger partial charge < -0.3 is 4.90 Å². The summed E-state index contributed by atoms with van der Waals surface area (Å²) in [6.45, 7) is 4.61. The second kappa shape index (κ2) is 6.13. The largest absolute Gasteiger partial charge is 0.330 e. The lowest BCUT2D eigenvalue weighted by Crippen LogP contribution is -2.44. The normalized spacial score (nSPS) is 22.0. The molecule has 3 heteroatoms. The number of carbonyl (C=O) groups excluding carboxylic acids is 1. The van der Waals surface area contributed by atoms with Crippen molar-refractivity contribution in [2.75, 3.05) is 6.54 Å². The van der Waals surface area contributed by atoms with Crippen molar-refractivity contribution in [3.05, 3.63) is 71.3 Å². The van der Waals surface area contributed by atoms with Crippen LogP contribution in [0, 0.1) is 0 Å². The van der Waals surface area contributed by atoms with Gasteiger partial charge in [-0.25, -0.2) is 0 Å². The second-order valence-electron chi connectivity index (χ2n) is 5.95. The third-order valence-electron chi connectivity index (χ3n) is 4.34. The average Bonchev–Trinajstić information content (AvgIpc) is 2.55. The molecule has 0 fully saturated rings. The Balaban J connectivity index is 2.14. The van der Waals surface area contributed by atoms with Crippen molar-refractivity contribution in [3.63, 3.8) is 0 Å². The highest BCUT2D eigenvalue weighted by molar-refractivity contribution is 6.30. The van der Waals surface area contributed by atoms with Crippen LogP contribution in [0.2, 0.25) is 0 Å². The molecule has 2 aromatic carbocycles. The minimum absolute atomic E-state index is 0.00290. The Bertz CT molecular complexity index is 668. The first-order valence-corrected chi connectivity index (χ1v) is 8.11. The Morgan fingerprint density at radius 3 is 2.32 bits per heavy atom. The Labute approximate surface area is 136 Å². The van der Waals surface area contributed by atoms with E-state index in [1.165, 1.54) is 11.1 Å². The zero-order valence-electron chi connectivity index (χ0n) is 12.9. The van der Waals surface area contributed by atoms with E-state index in [2.05, 4.69) is 37.3 Å². The van der Waals surface area contributed by atoms with Gasteiger partial charge in [-0.15, -0.1) is 11.6 Å². The molecule has 2 aromatic rings. The van der Waals surface area contributed by atoms with E-state index in [0.29, 0.717) is 12.5 Å². The van der Waals surface area contributed by atoms with Crippen molar-refractivity contribution >= 4 is 17.5 Å². The molecule has 0 saturated heterocycles. The Morgan fingerprint density at radius 1 is 1.09 bits per heavy atom. The van der Waals surface area contributed by atoms with Crippen LogP contribution in [-0.4, -0.2) is 22.7 Å². The number of fused-ring (bicyclic) bond motifs is 1. The number of nitrogens with zero attached hydrogens (tertiary/aromatic N) is 1. The number of hydrogen-bond donors (Lipinski definition) is 0. The van der Waals surface area contributed by atoms with Gasteiger partial charge in [0.2, 0.25) is 5.91 Å². The van der Waals surface area contributed by atoms with Gasteiger partial charge in [0, 0.05) is 6.54 Å². The first-order chi connectivity index (χ1) is 10.6. The minimum atomic E-state index is -0.510. The quantitative estimate of drug-likeness (QED) is 0.755. The number of amides is 1. The van der Waals surface area contributed by atoms with E-state index in [9.17, 15) is 4.79 Å². The van der Waals surface area contributed by atoms with Crippen LogP contribution in [0.25, 0.3) is 0 Å². The summed E-state index contributed by atoms with van der Waals surface area (Å²) in [5.41, 5.74) is 3.66. The molecule has 0 spiro atoms. The Kier molecular flexibility index (Phi) is 4.21. The summed E-state index contributed by atoms with van der Waals surface area (Å²) in [6, 6.07) is 18.5. The van der Waals surface area contributed by atoms with Gasteiger partial charge in [0.1, 0.15) is 5.38 Å². The van der Waals surface area contributed by atoms with Crippen LogP contribution in [0.1, 0.15) is 42.5 Å². The summed E-state index contributed by atoms with van der Waals surface area (Å²) in [7, 11) is 0. The molecule has 0 bridgehead atoms. The van der Waals surface area contributed by atoms with Crippen molar-refractivity contribution in [3.8, 4) is 0 Å². The Hall–Kier alpha value is -1.80. The lowest BCUT2D eigenvalue weighted by atomic mass is 9.83. The molecule has 3 rings (SSSR count). The summed E-state index contributed by atoms with van der Waals surface area (Å²) < 4.78 is 0. The van der Waals surface area contributed by atoms with Crippen molar-refractivity contribution in [1.29, 1.82) is 0 Å². The summed E-state index contributed by atoms with van der Waals surface area (Å²) >= 11 is 6.10. The van der Waals surface area contributed by atoms with E-state index in [0.717, 1.165) is 5.56 Å². The van der Waals surface area contributed by atoms with E-state index >= 15 is 0 Å². The molecule has 114 valence electrons. The zero-order chi connectivity index (χ0) is 15.7. The Morgan fingerprint density at radius 2 is 1.68 bits per heavy atom. The van der Waals surface area contributed by atoms with Gasteiger partial charge >= 0.3 is 0 Å². The molecular formula is C19H20ClNO. The molecule has 1 aliphatic rings. The number of rotatable bonds is 2. The molecule has 0 radical (unpaired) electrons. The minimum Gasteiger partial charge on any atom is -0.330 e. The summed E-state index contributed by atoms with van der Waals surface area (Å²) in [5.74, 6) is 0.312. The first kappa shape index (κ1) is 15.1. The predicted molar refractivity (Wildman–Crippen MR) is 90.2 cm³/mol. The predicted octanol–water partition coefficient (Wildman–Crippen LogP) is 4.35. The van der Waals surface area contributed by atoms with Crippen molar-refractivity contribution in [2.24, 2.45) is 0 Å². The van der Waals surface area contributed by atoms with Gasteiger partial charge in [0.25, 0.3) is 0 Å². The van der Waals surface area contributed by atoms with E-state index in [1.807, 2.05) is 29.2 Å². The van der Waals surface area contributed by atoms with Crippen LogP contribution in [-0.2, 0) is 4.79 Å². The third kappa shape index (κ3) is 2.64. The fourth-order valence-electron chi connectivity index (χ4n) is 3.32. The maximum absolute atomic E-state index is 12.6. The summed E-state index contributed by atoms with van der Waals surface area (Å²) in [6.07, 6.45) is 0. The molecule has 0 N–H and O–H groups in total. The molecule has 2 nitrogen and oxygen atoms in total. The van der Waals surface area contributed by atoms with Crippen LogP contribution in [0.15, 0.2) is 54.6 Å². The highest BCUT2D eigenvalue weighted by Crippen LogP contribution is 2.40. The van der Waals surface area contributed by atoms with Crippen molar-refractivity contribution in [2.45, 2.75) is 31.2 Å². The standard InChI is InChI=1S/C19H20ClNO/c1-13-12-21(19(22)14(2)20)18(15-8-4-3-5-9-15)17-11-7-6-10-16(13)17/h3-11,13-14,18H,12H2,1-2H3. The lowest BCUT2D eigenvalue weighted by molar-refractivity contribution is -0.132. The van der Waals surface area contributed by atoms with Crippen molar-refractivity contribution < 1.29 is 4.79 Å². The maximum atomic E-state index is 12.6. The van der Waals surface area contributed by atoms with Crippen LogP contribution < -0.4 is 0 Å². The van der Waals surface area contributed by atoms with Gasteiger partial charge in [-0.2, -0.15) is 0 Å². The number of hydrogen-bond acceptors (Lipinski definition) is 1. The smallest absolute Gasteiger partial charge is 0.241 e. The number of benzene rings is 2. The molecule has 1 amide bonds. The van der Waals surface area contributed by atoms with E-state index in [-0.39, 0.29) is 11.9 Å². The van der Waals surface area contributed by atoms with Gasteiger partial charge in [0.15, 0.2) is 0 Å². The van der Waals surface area contributed by atoms with E-state index < -0.39 is 5.38 Å². The summed E-state index contributed by atoms with van der Waals surface area (Å²) in [5, 5.41) is -0.510. The molecule has 0 aromatic heterocycles. The number of carbonyl (C=O) groups is 1. The molecule has 1 heterocycles. The fourth-order valence-corrected chi connectivity index (χ4v) is 3.44. The van der Waals surface area contributed by atoms with E-state index in [4.69, 9.17) is 11.6 Å². The molecular weight excluding hydrogens is 294 g/mol. The fraction of sp³-hybridized carbons (Fsp3) is 0.316. The van der Waals surface area contributed by atoms with Crippen LogP contribution >= 0.6 is 11.6 Å². The van der Waals surface area contributed by atoms with Crippen LogP contribution in [0.4, 0.5) is 0 Å². The molecule has 1 aliphatic heterocycles.